The molecule has 0 N–H and O–H groups in total. The van der Waals surface area contributed by atoms with Gasteiger partial charge in [-0.1, -0.05) is 194 Å². The van der Waals surface area contributed by atoms with E-state index in [9.17, 15) is 0 Å². The van der Waals surface area contributed by atoms with E-state index in [0.717, 1.165) is 78.1 Å². The van der Waals surface area contributed by atoms with Crippen molar-refractivity contribution >= 4 is 71.6 Å². The minimum Gasteiger partial charge on any atom is -0.455 e. The van der Waals surface area contributed by atoms with E-state index < -0.39 is 0 Å². The van der Waals surface area contributed by atoms with Gasteiger partial charge in [0.25, 0.3) is 0 Å². The van der Waals surface area contributed by atoms with Crippen LogP contribution in [0.25, 0.3) is 105 Å². The fourth-order valence-corrected chi connectivity index (χ4v) is 10.2. The molecule has 0 aliphatic carbocycles. The first kappa shape index (κ1) is 38.5. The molecule has 0 saturated heterocycles. The van der Waals surface area contributed by atoms with Crippen LogP contribution in [-0.4, -0.2) is 4.57 Å². The number of anilines is 3. The molecular weight excluding hydrogens is 813 g/mol. The van der Waals surface area contributed by atoms with Crippen LogP contribution < -0.4 is 4.90 Å². The molecule has 2 aromatic heterocycles. The zero-order valence-electron chi connectivity index (χ0n) is 36.6. The topological polar surface area (TPSA) is 21.3 Å². The number of para-hydroxylation sites is 4. The zero-order chi connectivity index (χ0) is 44.3. The summed E-state index contributed by atoms with van der Waals surface area (Å²) in [5.41, 5.74) is 17.7. The van der Waals surface area contributed by atoms with Crippen molar-refractivity contribution in [2.45, 2.75) is 0 Å². The highest BCUT2D eigenvalue weighted by Crippen LogP contribution is 2.43. The van der Waals surface area contributed by atoms with Gasteiger partial charge < -0.3 is 13.9 Å². The summed E-state index contributed by atoms with van der Waals surface area (Å²) in [4.78, 5) is 2.35. The lowest BCUT2D eigenvalue weighted by Crippen LogP contribution is -2.09. The van der Waals surface area contributed by atoms with E-state index in [1.807, 2.05) is 0 Å². The van der Waals surface area contributed by atoms with Gasteiger partial charge in [-0.3, -0.25) is 0 Å². The first-order valence-corrected chi connectivity index (χ1v) is 22.9. The zero-order valence-corrected chi connectivity index (χ0v) is 36.6. The summed E-state index contributed by atoms with van der Waals surface area (Å²) in [5, 5.41) is 7.24. The van der Waals surface area contributed by atoms with Gasteiger partial charge in [0.1, 0.15) is 11.2 Å². The molecule has 0 aliphatic rings. The molecule has 11 aromatic carbocycles. The fourth-order valence-electron chi connectivity index (χ4n) is 10.2. The molecule has 0 aliphatic heterocycles. The number of furan rings is 1. The molecule has 0 fully saturated rings. The van der Waals surface area contributed by atoms with Gasteiger partial charge >= 0.3 is 0 Å². The van der Waals surface area contributed by atoms with E-state index in [-0.39, 0.29) is 0 Å². The largest absolute Gasteiger partial charge is 0.455 e. The van der Waals surface area contributed by atoms with Crippen LogP contribution in [0.15, 0.2) is 259 Å². The van der Waals surface area contributed by atoms with Gasteiger partial charge in [0.2, 0.25) is 0 Å². The van der Waals surface area contributed by atoms with Crippen LogP contribution >= 0.6 is 0 Å². The molecule has 0 saturated carbocycles. The summed E-state index contributed by atoms with van der Waals surface area (Å²) in [6.07, 6.45) is 0. The van der Waals surface area contributed by atoms with Gasteiger partial charge in [-0.05, 0) is 105 Å². The first-order valence-electron chi connectivity index (χ1n) is 22.9. The van der Waals surface area contributed by atoms with Crippen LogP contribution in [0.2, 0.25) is 0 Å². The Morgan fingerprint density at radius 1 is 0.284 bits per heavy atom. The third-order valence-electron chi connectivity index (χ3n) is 13.4. The Labute approximate surface area is 388 Å². The van der Waals surface area contributed by atoms with Crippen LogP contribution in [0.4, 0.5) is 17.1 Å². The Balaban J connectivity index is 0.889. The highest BCUT2D eigenvalue weighted by atomic mass is 16.3. The summed E-state index contributed by atoms with van der Waals surface area (Å²) in [5.74, 6) is 0. The van der Waals surface area contributed by atoms with Crippen LogP contribution in [0.1, 0.15) is 0 Å². The van der Waals surface area contributed by atoms with Crippen LogP contribution in [-0.2, 0) is 0 Å². The number of hydrogen-bond donors (Lipinski definition) is 0. The standard InChI is InChI=1S/C64H42N2O/c1-2-14-45(15-3-1)55-24-12-26-59-60-27-13-25-56(64(60)67-63(55)59)47-34-40-51(41-35-47)65(50-38-32-46(33-39-50)54-23-11-17-44-16-4-5-20-53(44)54)49-36-30-43(31-37-49)48-18-10-19-52(42-48)66-61-28-8-6-21-57(61)58-22-7-9-29-62(58)66/h1-42H. The van der Waals surface area contributed by atoms with E-state index in [1.54, 1.807) is 0 Å². The number of benzene rings is 11. The molecule has 3 nitrogen and oxygen atoms in total. The molecule has 0 unspecified atom stereocenters. The van der Waals surface area contributed by atoms with Crippen molar-refractivity contribution in [3.05, 3.63) is 255 Å². The van der Waals surface area contributed by atoms with E-state index >= 15 is 0 Å². The van der Waals surface area contributed by atoms with Crippen molar-refractivity contribution in [3.8, 4) is 50.2 Å². The van der Waals surface area contributed by atoms with Gasteiger partial charge in [-0.15, -0.1) is 0 Å². The molecule has 13 rings (SSSR count). The van der Waals surface area contributed by atoms with Gasteiger partial charge in [0.15, 0.2) is 0 Å². The van der Waals surface area contributed by atoms with Crippen LogP contribution in [0, 0.1) is 0 Å². The smallest absolute Gasteiger partial charge is 0.143 e. The van der Waals surface area contributed by atoms with Crippen molar-refractivity contribution in [1.29, 1.82) is 0 Å². The molecule has 0 radical (unpaired) electrons. The molecule has 13 aromatic rings. The van der Waals surface area contributed by atoms with Gasteiger partial charge in [0.05, 0.1) is 11.0 Å². The maximum absolute atomic E-state index is 6.82. The van der Waals surface area contributed by atoms with Crippen molar-refractivity contribution in [3.63, 3.8) is 0 Å². The molecule has 2 heterocycles. The lowest BCUT2D eigenvalue weighted by Gasteiger charge is -2.26. The monoisotopic (exact) mass is 854 g/mol. The highest BCUT2D eigenvalue weighted by molar-refractivity contribution is 6.13. The third-order valence-corrected chi connectivity index (χ3v) is 13.4. The molecule has 0 spiro atoms. The Hall–Kier alpha value is -8.92. The molecule has 0 bridgehead atoms. The quantitative estimate of drug-likeness (QED) is 0.152. The predicted molar refractivity (Wildman–Crippen MR) is 282 cm³/mol. The highest BCUT2D eigenvalue weighted by Gasteiger charge is 2.19. The van der Waals surface area contributed by atoms with Crippen LogP contribution in [0.3, 0.4) is 0 Å². The van der Waals surface area contributed by atoms with Gasteiger partial charge in [-0.25, -0.2) is 0 Å². The van der Waals surface area contributed by atoms with Crippen molar-refractivity contribution in [2.75, 3.05) is 4.90 Å². The number of aromatic nitrogens is 1. The number of rotatable bonds is 8. The van der Waals surface area contributed by atoms with Crippen molar-refractivity contribution in [1.82, 2.24) is 4.57 Å². The molecule has 314 valence electrons. The predicted octanol–water partition coefficient (Wildman–Crippen LogP) is 18.0. The van der Waals surface area contributed by atoms with E-state index in [1.165, 1.54) is 43.7 Å². The maximum Gasteiger partial charge on any atom is 0.143 e. The average Bonchev–Trinajstić information content (AvgIpc) is 3.96. The van der Waals surface area contributed by atoms with Gasteiger partial charge in [0, 0.05) is 55.4 Å². The van der Waals surface area contributed by atoms with Crippen LogP contribution in [0.5, 0.6) is 0 Å². The second-order valence-electron chi connectivity index (χ2n) is 17.3. The number of hydrogen-bond acceptors (Lipinski definition) is 2. The Kier molecular flexibility index (Phi) is 9.17. The molecule has 0 atom stereocenters. The summed E-state index contributed by atoms with van der Waals surface area (Å²) in [7, 11) is 0. The lowest BCUT2D eigenvalue weighted by molar-refractivity contribution is 0.671. The normalized spacial score (nSPS) is 11.6. The SMILES string of the molecule is c1ccc(-c2cccc3c2oc2c(-c4ccc(N(c5ccc(-c6cccc(-n7c8ccccc8c8ccccc87)c6)cc5)c5ccc(-c6cccc7ccccc67)cc5)cc4)cccc23)cc1. The minimum absolute atomic E-state index is 0.896. The molecular formula is C64H42N2O. The summed E-state index contributed by atoms with van der Waals surface area (Å²) < 4.78 is 9.20. The van der Waals surface area contributed by atoms with Gasteiger partial charge in [-0.2, -0.15) is 0 Å². The first-order chi connectivity index (χ1) is 33.2. The number of nitrogens with zero attached hydrogens (tertiary/aromatic N) is 2. The Morgan fingerprint density at radius 2 is 0.701 bits per heavy atom. The maximum atomic E-state index is 6.82. The summed E-state index contributed by atoms with van der Waals surface area (Å²) >= 11 is 0. The second kappa shape index (κ2) is 16.0. The molecule has 3 heteroatoms. The average molecular weight is 855 g/mol. The minimum atomic E-state index is 0.896. The Bertz CT molecular complexity index is 3900. The second-order valence-corrected chi connectivity index (χ2v) is 17.3. The number of fused-ring (bicyclic) bond motifs is 7. The Morgan fingerprint density at radius 3 is 1.31 bits per heavy atom. The van der Waals surface area contributed by atoms with Crippen molar-refractivity contribution < 1.29 is 4.42 Å². The van der Waals surface area contributed by atoms with E-state index in [4.69, 9.17) is 4.42 Å². The molecule has 0 amide bonds. The summed E-state index contributed by atoms with van der Waals surface area (Å²) in [6, 6.07) is 91.7. The fraction of sp³-hybridized carbons (Fsp3) is 0. The third kappa shape index (κ3) is 6.59. The van der Waals surface area contributed by atoms with Crippen molar-refractivity contribution in [2.24, 2.45) is 0 Å². The van der Waals surface area contributed by atoms with E-state index in [2.05, 4.69) is 264 Å². The molecule has 67 heavy (non-hydrogen) atoms. The lowest BCUT2D eigenvalue weighted by atomic mass is 9.98. The van der Waals surface area contributed by atoms with E-state index in [0.29, 0.717) is 0 Å². The summed E-state index contributed by atoms with van der Waals surface area (Å²) in [6.45, 7) is 0.